The summed E-state index contributed by atoms with van der Waals surface area (Å²) >= 11 is 0. The van der Waals surface area contributed by atoms with Crippen LogP contribution < -0.4 is 9.47 Å². The molecule has 0 saturated carbocycles. The van der Waals surface area contributed by atoms with Crippen LogP contribution in [0.1, 0.15) is 42.4 Å². The molecule has 1 aliphatic heterocycles. The Hall–Kier alpha value is -3.80. The van der Waals surface area contributed by atoms with Crippen LogP contribution >= 0.6 is 0 Å². The summed E-state index contributed by atoms with van der Waals surface area (Å²) in [6.07, 6.45) is 6.07. The third kappa shape index (κ3) is 7.88. The summed E-state index contributed by atoms with van der Waals surface area (Å²) in [6, 6.07) is 25.6. The third-order valence-corrected chi connectivity index (χ3v) is 5.87. The lowest BCUT2D eigenvalue weighted by molar-refractivity contribution is -0.136. The molecule has 3 aromatic rings. The number of hydrogen-bond donors (Lipinski definition) is 0. The van der Waals surface area contributed by atoms with Crippen molar-refractivity contribution in [2.24, 2.45) is 5.16 Å². The van der Waals surface area contributed by atoms with Gasteiger partial charge in [-0.1, -0.05) is 78.7 Å². The lowest BCUT2D eigenvalue weighted by Gasteiger charge is -2.19. The van der Waals surface area contributed by atoms with Crippen LogP contribution in [0.2, 0.25) is 0 Å². The van der Waals surface area contributed by atoms with Gasteiger partial charge in [0.1, 0.15) is 13.2 Å². The quantitative estimate of drug-likeness (QED) is 0.285. The van der Waals surface area contributed by atoms with Crippen LogP contribution in [-0.2, 0) is 22.8 Å². The van der Waals surface area contributed by atoms with Crippen molar-refractivity contribution in [1.82, 2.24) is 4.90 Å². The molecule has 1 amide bonds. The number of benzene rings is 3. The van der Waals surface area contributed by atoms with Gasteiger partial charge in [0.05, 0.1) is 6.21 Å². The first-order valence-electron chi connectivity index (χ1n) is 12.2. The van der Waals surface area contributed by atoms with Crippen molar-refractivity contribution in [3.05, 3.63) is 95.6 Å². The molecule has 0 spiro atoms. The van der Waals surface area contributed by atoms with Crippen molar-refractivity contribution in [2.45, 2.75) is 38.9 Å². The van der Waals surface area contributed by atoms with Gasteiger partial charge in [-0.05, 0) is 42.2 Å². The number of carbonyl (C=O) groups excluding carboxylic acids is 1. The monoisotopic (exact) mass is 472 g/mol. The van der Waals surface area contributed by atoms with Crippen molar-refractivity contribution in [3.8, 4) is 11.5 Å². The van der Waals surface area contributed by atoms with Crippen molar-refractivity contribution >= 4 is 12.1 Å². The van der Waals surface area contributed by atoms with Gasteiger partial charge in [-0.3, -0.25) is 4.79 Å². The van der Waals surface area contributed by atoms with E-state index in [1.807, 2.05) is 83.8 Å². The van der Waals surface area contributed by atoms with E-state index in [0.29, 0.717) is 24.7 Å². The number of nitrogens with zero attached hydrogens (tertiary/aromatic N) is 2. The fourth-order valence-corrected chi connectivity index (χ4v) is 3.91. The molecule has 0 atom stereocenters. The number of oxime groups is 1. The Kier molecular flexibility index (Phi) is 9.16. The van der Waals surface area contributed by atoms with E-state index in [2.05, 4.69) is 5.16 Å². The molecule has 0 aromatic heterocycles. The topological polar surface area (TPSA) is 60.4 Å². The molecule has 0 radical (unpaired) electrons. The SMILES string of the molecule is O=C(CO/N=C\c1ccc(OCc2ccccc2)c(OCc2ccccc2)c1)N1CCCCCC1. The summed E-state index contributed by atoms with van der Waals surface area (Å²) in [6.45, 7) is 2.42. The van der Waals surface area contributed by atoms with E-state index >= 15 is 0 Å². The van der Waals surface area contributed by atoms with E-state index in [0.717, 1.165) is 42.6 Å². The highest BCUT2D eigenvalue weighted by molar-refractivity contribution is 5.81. The van der Waals surface area contributed by atoms with Gasteiger partial charge in [0.25, 0.3) is 5.91 Å². The summed E-state index contributed by atoms with van der Waals surface area (Å²) in [5.74, 6) is 1.26. The summed E-state index contributed by atoms with van der Waals surface area (Å²) in [7, 11) is 0. The van der Waals surface area contributed by atoms with Crippen LogP contribution in [0.3, 0.4) is 0 Å². The van der Waals surface area contributed by atoms with Crippen molar-refractivity contribution < 1.29 is 19.1 Å². The molecule has 6 nitrogen and oxygen atoms in total. The molecule has 1 fully saturated rings. The average molecular weight is 473 g/mol. The van der Waals surface area contributed by atoms with E-state index in [4.69, 9.17) is 14.3 Å². The Morgan fingerprint density at radius 1 is 0.771 bits per heavy atom. The molecule has 4 rings (SSSR count). The summed E-state index contributed by atoms with van der Waals surface area (Å²) in [4.78, 5) is 19.5. The number of rotatable bonds is 10. The minimum absolute atomic E-state index is 0.0133. The van der Waals surface area contributed by atoms with E-state index in [9.17, 15) is 4.79 Å². The van der Waals surface area contributed by atoms with E-state index in [1.165, 1.54) is 12.8 Å². The molecule has 0 N–H and O–H groups in total. The summed E-state index contributed by atoms with van der Waals surface area (Å²) < 4.78 is 12.1. The molecule has 6 heteroatoms. The van der Waals surface area contributed by atoms with Crippen LogP contribution in [0.25, 0.3) is 0 Å². The molecule has 35 heavy (non-hydrogen) atoms. The number of carbonyl (C=O) groups is 1. The number of amides is 1. The zero-order valence-electron chi connectivity index (χ0n) is 20.0. The van der Waals surface area contributed by atoms with Gasteiger partial charge in [-0.2, -0.15) is 0 Å². The molecule has 0 bridgehead atoms. The second-order valence-electron chi connectivity index (χ2n) is 8.56. The Labute approximate surface area is 207 Å². The Balaban J connectivity index is 1.38. The molecular formula is C29H32N2O4. The van der Waals surface area contributed by atoms with Crippen molar-refractivity contribution in [1.29, 1.82) is 0 Å². The Morgan fingerprint density at radius 3 is 2.00 bits per heavy atom. The van der Waals surface area contributed by atoms with Crippen LogP contribution in [0.15, 0.2) is 84.0 Å². The highest BCUT2D eigenvalue weighted by Gasteiger charge is 2.15. The van der Waals surface area contributed by atoms with Crippen molar-refractivity contribution in [3.63, 3.8) is 0 Å². The number of likely N-dealkylation sites (tertiary alicyclic amines) is 1. The molecule has 1 saturated heterocycles. The fraction of sp³-hybridized carbons (Fsp3) is 0.310. The minimum atomic E-state index is -0.0495. The smallest absolute Gasteiger partial charge is 0.263 e. The maximum atomic E-state index is 12.4. The van der Waals surface area contributed by atoms with Crippen molar-refractivity contribution in [2.75, 3.05) is 19.7 Å². The molecule has 1 heterocycles. The molecule has 0 aliphatic carbocycles. The molecule has 1 aliphatic rings. The Morgan fingerprint density at radius 2 is 1.37 bits per heavy atom. The zero-order valence-corrected chi connectivity index (χ0v) is 20.0. The van der Waals surface area contributed by atoms with Gasteiger partial charge in [0.2, 0.25) is 0 Å². The highest BCUT2D eigenvalue weighted by Crippen LogP contribution is 2.29. The lowest BCUT2D eigenvalue weighted by atomic mass is 10.2. The second-order valence-corrected chi connectivity index (χ2v) is 8.56. The number of ether oxygens (including phenoxy) is 2. The standard InChI is InChI=1S/C29H32N2O4/c32-29(31-17-9-1-2-10-18-31)23-35-30-20-26-15-16-27(33-21-24-11-5-3-6-12-24)28(19-26)34-22-25-13-7-4-8-14-25/h3-8,11-16,19-20H,1-2,9-10,17-18,21-23H2/b30-20-. The van der Waals surface area contributed by atoms with Gasteiger partial charge in [0, 0.05) is 18.7 Å². The predicted octanol–water partition coefficient (Wildman–Crippen LogP) is 5.60. The van der Waals surface area contributed by atoms with Gasteiger partial charge in [0.15, 0.2) is 18.1 Å². The maximum Gasteiger partial charge on any atom is 0.263 e. The first kappa shape index (κ1) is 24.3. The predicted molar refractivity (Wildman–Crippen MR) is 137 cm³/mol. The molecule has 182 valence electrons. The lowest BCUT2D eigenvalue weighted by Crippen LogP contribution is -2.34. The van der Waals surface area contributed by atoms with E-state index < -0.39 is 0 Å². The van der Waals surface area contributed by atoms with Gasteiger partial charge < -0.3 is 19.2 Å². The Bertz CT molecular complexity index is 1080. The molecule has 0 unspecified atom stereocenters. The second kappa shape index (κ2) is 13.2. The zero-order chi connectivity index (χ0) is 24.1. The van der Waals surface area contributed by atoms with Crippen LogP contribution in [0, 0.1) is 0 Å². The highest BCUT2D eigenvalue weighted by atomic mass is 16.6. The van der Waals surface area contributed by atoms with Crippen LogP contribution in [0.5, 0.6) is 11.5 Å². The molecular weight excluding hydrogens is 440 g/mol. The fourth-order valence-electron chi connectivity index (χ4n) is 3.91. The first-order valence-corrected chi connectivity index (χ1v) is 12.2. The normalized spacial score (nSPS) is 13.9. The number of hydrogen-bond acceptors (Lipinski definition) is 5. The maximum absolute atomic E-state index is 12.4. The van der Waals surface area contributed by atoms with E-state index in [1.54, 1.807) is 6.21 Å². The van der Waals surface area contributed by atoms with Gasteiger partial charge >= 0.3 is 0 Å². The van der Waals surface area contributed by atoms with Crippen LogP contribution in [-0.4, -0.2) is 36.7 Å². The first-order chi connectivity index (χ1) is 17.3. The van der Waals surface area contributed by atoms with Crippen LogP contribution in [0.4, 0.5) is 0 Å². The molecule has 3 aromatic carbocycles. The average Bonchev–Trinajstić information content (AvgIpc) is 3.20. The third-order valence-electron chi connectivity index (χ3n) is 5.87. The van der Waals surface area contributed by atoms with E-state index in [-0.39, 0.29) is 12.5 Å². The minimum Gasteiger partial charge on any atom is -0.485 e. The summed E-state index contributed by atoms with van der Waals surface area (Å²) in [5, 5.41) is 4.01. The summed E-state index contributed by atoms with van der Waals surface area (Å²) in [5.41, 5.74) is 2.94. The van der Waals surface area contributed by atoms with Gasteiger partial charge in [-0.25, -0.2) is 0 Å². The van der Waals surface area contributed by atoms with Gasteiger partial charge in [-0.15, -0.1) is 0 Å². The largest absolute Gasteiger partial charge is 0.485 e.